The topological polar surface area (TPSA) is 68.0 Å². The first-order valence-corrected chi connectivity index (χ1v) is 6.04. The Kier molecular flexibility index (Phi) is 3.43. The predicted octanol–water partition coefficient (Wildman–Crippen LogP) is 1.17. The molecule has 1 aliphatic heterocycles. The van der Waals surface area contributed by atoms with Gasteiger partial charge in [-0.2, -0.15) is 0 Å². The SMILES string of the molecule is CC1(C(=O)Cc2cnccc2N)CCNCC1. The van der Waals surface area contributed by atoms with Crippen molar-refractivity contribution >= 4 is 11.5 Å². The van der Waals surface area contributed by atoms with Crippen LogP contribution in [0.2, 0.25) is 0 Å². The first-order chi connectivity index (χ1) is 8.12. The fraction of sp³-hybridized carbons (Fsp3) is 0.538. The molecule has 0 unspecified atom stereocenters. The lowest BCUT2D eigenvalue weighted by atomic mass is 9.75. The van der Waals surface area contributed by atoms with Crippen molar-refractivity contribution in [1.82, 2.24) is 10.3 Å². The Morgan fingerprint density at radius 3 is 2.88 bits per heavy atom. The zero-order chi connectivity index (χ0) is 12.3. The number of nitrogen functional groups attached to an aromatic ring is 1. The molecule has 1 aliphatic rings. The number of hydrogen-bond acceptors (Lipinski definition) is 4. The quantitative estimate of drug-likeness (QED) is 0.822. The minimum absolute atomic E-state index is 0.201. The summed E-state index contributed by atoms with van der Waals surface area (Å²) in [5, 5.41) is 3.28. The first kappa shape index (κ1) is 12.0. The van der Waals surface area contributed by atoms with Crippen LogP contribution in [-0.2, 0) is 11.2 Å². The maximum absolute atomic E-state index is 12.3. The Labute approximate surface area is 102 Å². The standard InChI is InChI=1S/C13H19N3O/c1-13(3-6-15-7-4-13)12(17)8-10-9-16-5-2-11(10)14/h2,5,9,15H,3-4,6-8H2,1H3,(H2,14,16). The first-order valence-electron chi connectivity index (χ1n) is 6.04. The number of pyridine rings is 1. The molecule has 0 bridgehead atoms. The second-order valence-electron chi connectivity index (χ2n) is 4.99. The molecule has 1 aromatic rings. The highest BCUT2D eigenvalue weighted by atomic mass is 16.1. The highest BCUT2D eigenvalue weighted by Crippen LogP contribution is 2.30. The number of nitrogens with two attached hydrogens (primary N) is 1. The van der Waals surface area contributed by atoms with Crippen molar-refractivity contribution in [3.05, 3.63) is 24.0 Å². The molecule has 0 aliphatic carbocycles. The molecular formula is C13H19N3O. The van der Waals surface area contributed by atoms with Crippen LogP contribution in [-0.4, -0.2) is 23.9 Å². The van der Waals surface area contributed by atoms with E-state index < -0.39 is 0 Å². The van der Waals surface area contributed by atoms with E-state index in [1.807, 2.05) is 0 Å². The summed E-state index contributed by atoms with van der Waals surface area (Å²) in [6, 6.07) is 1.74. The van der Waals surface area contributed by atoms with E-state index in [2.05, 4.69) is 17.2 Å². The van der Waals surface area contributed by atoms with Crippen LogP contribution >= 0.6 is 0 Å². The van der Waals surface area contributed by atoms with Gasteiger partial charge in [-0.3, -0.25) is 9.78 Å². The number of carbonyl (C=O) groups is 1. The third kappa shape index (κ3) is 2.64. The number of piperidine rings is 1. The Morgan fingerprint density at radius 1 is 1.53 bits per heavy atom. The van der Waals surface area contributed by atoms with Crippen LogP contribution in [0.1, 0.15) is 25.3 Å². The van der Waals surface area contributed by atoms with Gasteiger partial charge in [-0.25, -0.2) is 0 Å². The molecule has 0 amide bonds. The molecule has 2 heterocycles. The van der Waals surface area contributed by atoms with E-state index in [4.69, 9.17) is 5.73 Å². The number of aromatic nitrogens is 1. The zero-order valence-corrected chi connectivity index (χ0v) is 10.2. The van der Waals surface area contributed by atoms with Gasteiger partial charge >= 0.3 is 0 Å². The summed E-state index contributed by atoms with van der Waals surface area (Å²) in [5.74, 6) is 0.277. The van der Waals surface area contributed by atoms with Gasteiger partial charge in [-0.15, -0.1) is 0 Å². The van der Waals surface area contributed by atoms with Crippen molar-refractivity contribution in [1.29, 1.82) is 0 Å². The molecule has 0 aromatic carbocycles. The summed E-state index contributed by atoms with van der Waals surface area (Å²) in [4.78, 5) is 16.4. The molecule has 0 atom stereocenters. The lowest BCUT2D eigenvalue weighted by molar-refractivity contribution is -0.128. The number of rotatable bonds is 3. The maximum Gasteiger partial charge on any atom is 0.143 e. The van der Waals surface area contributed by atoms with Gasteiger partial charge in [-0.1, -0.05) is 6.92 Å². The van der Waals surface area contributed by atoms with Crippen LogP contribution in [0.25, 0.3) is 0 Å². The van der Waals surface area contributed by atoms with E-state index in [1.54, 1.807) is 18.5 Å². The second-order valence-corrected chi connectivity index (χ2v) is 4.99. The minimum Gasteiger partial charge on any atom is -0.398 e. The second kappa shape index (κ2) is 4.84. The fourth-order valence-electron chi connectivity index (χ4n) is 2.23. The van der Waals surface area contributed by atoms with Crippen molar-refractivity contribution in [3.8, 4) is 0 Å². The highest BCUT2D eigenvalue weighted by Gasteiger charge is 2.34. The summed E-state index contributed by atoms with van der Waals surface area (Å²) in [7, 11) is 0. The molecule has 1 aromatic heterocycles. The van der Waals surface area contributed by atoms with Gasteiger partial charge < -0.3 is 11.1 Å². The van der Waals surface area contributed by atoms with Gasteiger partial charge in [0.15, 0.2) is 0 Å². The number of carbonyl (C=O) groups excluding carboxylic acids is 1. The molecule has 17 heavy (non-hydrogen) atoms. The van der Waals surface area contributed by atoms with E-state index in [-0.39, 0.29) is 11.2 Å². The van der Waals surface area contributed by atoms with E-state index >= 15 is 0 Å². The van der Waals surface area contributed by atoms with Gasteiger partial charge in [0.25, 0.3) is 0 Å². The Morgan fingerprint density at radius 2 is 2.24 bits per heavy atom. The maximum atomic E-state index is 12.3. The van der Waals surface area contributed by atoms with Crippen molar-refractivity contribution in [2.24, 2.45) is 5.41 Å². The van der Waals surface area contributed by atoms with E-state index in [0.717, 1.165) is 31.5 Å². The Bertz CT molecular complexity index is 411. The molecule has 0 radical (unpaired) electrons. The number of ketones is 1. The van der Waals surface area contributed by atoms with Crippen LogP contribution in [0.3, 0.4) is 0 Å². The monoisotopic (exact) mass is 233 g/mol. The van der Waals surface area contributed by atoms with Gasteiger partial charge in [0, 0.05) is 35.5 Å². The van der Waals surface area contributed by atoms with Crippen LogP contribution in [0.5, 0.6) is 0 Å². The molecule has 1 saturated heterocycles. The van der Waals surface area contributed by atoms with Gasteiger partial charge in [0.05, 0.1) is 0 Å². The molecule has 4 nitrogen and oxygen atoms in total. The lowest BCUT2D eigenvalue weighted by Gasteiger charge is -2.32. The molecule has 92 valence electrons. The Hall–Kier alpha value is -1.42. The molecule has 2 rings (SSSR count). The molecule has 0 spiro atoms. The van der Waals surface area contributed by atoms with Gasteiger partial charge in [-0.05, 0) is 32.0 Å². The smallest absolute Gasteiger partial charge is 0.143 e. The Balaban J connectivity index is 2.08. The number of anilines is 1. The summed E-state index contributed by atoms with van der Waals surface area (Å²) in [6.07, 6.45) is 5.56. The number of nitrogens with zero attached hydrogens (tertiary/aromatic N) is 1. The molecule has 1 fully saturated rings. The van der Waals surface area contributed by atoms with Crippen molar-refractivity contribution in [3.63, 3.8) is 0 Å². The molecule has 4 heteroatoms. The zero-order valence-electron chi connectivity index (χ0n) is 10.2. The number of Topliss-reactive ketones (excluding diaryl/α,β-unsaturated/α-hetero) is 1. The number of nitrogens with one attached hydrogen (secondary N) is 1. The molecular weight excluding hydrogens is 214 g/mol. The van der Waals surface area contributed by atoms with Crippen LogP contribution < -0.4 is 11.1 Å². The largest absolute Gasteiger partial charge is 0.398 e. The van der Waals surface area contributed by atoms with E-state index in [1.165, 1.54) is 0 Å². The summed E-state index contributed by atoms with van der Waals surface area (Å²) in [5.41, 5.74) is 7.14. The summed E-state index contributed by atoms with van der Waals surface area (Å²) >= 11 is 0. The van der Waals surface area contributed by atoms with Crippen LogP contribution in [0.15, 0.2) is 18.5 Å². The van der Waals surface area contributed by atoms with Crippen molar-refractivity contribution in [2.45, 2.75) is 26.2 Å². The normalized spacial score (nSPS) is 18.9. The third-order valence-electron chi connectivity index (χ3n) is 3.67. The predicted molar refractivity (Wildman–Crippen MR) is 67.6 cm³/mol. The summed E-state index contributed by atoms with van der Waals surface area (Å²) < 4.78 is 0. The van der Waals surface area contributed by atoms with Crippen LogP contribution in [0.4, 0.5) is 5.69 Å². The van der Waals surface area contributed by atoms with Gasteiger partial charge in [0.1, 0.15) is 5.78 Å². The minimum atomic E-state index is -0.201. The van der Waals surface area contributed by atoms with Crippen molar-refractivity contribution in [2.75, 3.05) is 18.8 Å². The highest BCUT2D eigenvalue weighted by molar-refractivity contribution is 5.87. The summed E-state index contributed by atoms with van der Waals surface area (Å²) in [6.45, 7) is 3.90. The van der Waals surface area contributed by atoms with E-state index in [0.29, 0.717) is 12.1 Å². The average Bonchev–Trinajstić information content (AvgIpc) is 2.33. The van der Waals surface area contributed by atoms with E-state index in [9.17, 15) is 4.79 Å². The van der Waals surface area contributed by atoms with Crippen LogP contribution in [0, 0.1) is 5.41 Å². The fourth-order valence-corrected chi connectivity index (χ4v) is 2.23. The van der Waals surface area contributed by atoms with Crippen molar-refractivity contribution < 1.29 is 4.79 Å². The average molecular weight is 233 g/mol. The lowest BCUT2D eigenvalue weighted by Crippen LogP contribution is -2.40. The number of hydrogen-bond donors (Lipinski definition) is 2. The molecule has 3 N–H and O–H groups in total. The third-order valence-corrected chi connectivity index (χ3v) is 3.67. The van der Waals surface area contributed by atoms with Gasteiger partial charge in [0.2, 0.25) is 0 Å². The molecule has 0 saturated carbocycles.